The van der Waals surface area contributed by atoms with Crippen LogP contribution in [0.3, 0.4) is 0 Å². The molecule has 3 heteroatoms. The maximum atomic E-state index is 10.2. The average molecular weight is 460 g/mol. The van der Waals surface area contributed by atoms with Crippen LogP contribution in [-0.4, -0.2) is 49.0 Å². The SMILES string of the molecule is C=CC(/C=C\CC(C)CN(CC(C)CC(C)/C=C(/CC)CC(=C)C)C(CO)C(C)OC)=C/C. The van der Waals surface area contributed by atoms with Crippen LogP contribution < -0.4 is 0 Å². The quantitative estimate of drug-likeness (QED) is 0.172. The second-order valence-electron chi connectivity index (χ2n) is 10.0. The number of aliphatic hydroxyl groups is 1. The first-order chi connectivity index (χ1) is 15.6. The summed E-state index contributed by atoms with van der Waals surface area (Å²) in [7, 11) is 1.73. The molecular weight excluding hydrogens is 406 g/mol. The van der Waals surface area contributed by atoms with Crippen molar-refractivity contribution >= 4 is 0 Å². The molecule has 5 unspecified atom stereocenters. The number of ether oxygens (including phenoxy) is 1. The van der Waals surface area contributed by atoms with Crippen molar-refractivity contribution in [3.63, 3.8) is 0 Å². The van der Waals surface area contributed by atoms with Gasteiger partial charge in [0.1, 0.15) is 0 Å². The molecule has 5 atom stereocenters. The number of hydrogen-bond acceptors (Lipinski definition) is 3. The molecule has 0 heterocycles. The van der Waals surface area contributed by atoms with Crippen molar-refractivity contribution in [2.45, 2.75) is 86.3 Å². The lowest BCUT2D eigenvalue weighted by Gasteiger charge is -2.37. The van der Waals surface area contributed by atoms with Gasteiger partial charge in [0.25, 0.3) is 0 Å². The van der Waals surface area contributed by atoms with Crippen LogP contribution in [0, 0.1) is 17.8 Å². The fourth-order valence-corrected chi connectivity index (χ4v) is 4.53. The van der Waals surface area contributed by atoms with E-state index in [4.69, 9.17) is 4.74 Å². The zero-order valence-corrected chi connectivity index (χ0v) is 22.9. The highest BCUT2D eigenvalue weighted by molar-refractivity contribution is 5.28. The maximum absolute atomic E-state index is 10.2. The van der Waals surface area contributed by atoms with Crippen LogP contribution in [-0.2, 0) is 4.74 Å². The van der Waals surface area contributed by atoms with Gasteiger partial charge in [0, 0.05) is 20.2 Å². The first-order valence-corrected chi connectivity index (χ1v) is 12.8. The van der Waals surface area contributed by atoms with Crippen LogP contribution in [0.25, 0.3) is 0 Å². The Morgan fingerprint density at radius 3 is 2.24 bits per heavy atom. The van der Waals surface area contributed by atoms with Gasteiger partial charge in [-0.25, -0.2) is 0 Å². The van der Waals surface area contributed by atoms with Gasteiger partial charge < -0.3 is 9.84 Å². The summed E-state index contributed by atoms with van der Waals surface area (Å²) in [6.45, 7) is 25.3. The normalized spacial score (nSPS) is 17.8. The van der Waals surface area contributed by atoms with Gasteiger partial charge in [0.15, 0.2) is 0 Å². The Morgan fingerprint density at radius 2 is 1.76 bits per heavy atom. The van der Waals surface area contributed by atoms with Crippen LogP contribution in [0.2, 0.25) is 0 Å². The Balaban J connectivity index is 5.28. The third-order valence-electron chi connectivity index (χ3n) is 6.36. The molecule has 0 bridgehead atoms. The second-order valence-corrected chi connectivity index (χ2v) is 10.0. The number of allylic oxidation sites excluding steroid dienone is 8. The van der Waals surface area contributed by atoms with Gasteiger partial charge in [0.2, 0.25) is 0 Å². The molecule has 0 fully saturated rings. The Morgan fingerprint density at radius 1 is 1.12 bits per heavy atom. The summed E-state index contributed by atoms with van der Waals surface area (Å²) in [6, 6.07) is 0.00335. The minimum absolute atomic E-state index is 0.00335. The van der Waals surface area contributed by atoms with Crippen LogP contribution in [0.5, 0.6) is 0 Å². The molecule has 33 heavy (non-hydrogen) atoms. The van der Waals surface area contributed by atoms with E-state index in [1.807, 2.05) is 13.0 Å². The van der Waals surface area contributed by atoms with E-state index >= 15 is 0 Å². The van der Waals surface area contributed by atoms with Gasteiger partial charge in [0.05, 0.1) is 18.8 Å². The Hall–Kier alpha value is -1.42. The van der Waals surface area contributed by atoms with Crippen LogP contribution in [0.4, 0.5) is 0 Å². The molecule has 0 amide bonds. The van der Waals surface area contributed by atoms with Crippen molar-refractivity contribution in [2.24, 2.45) is 17.8 Å². The highest BCUT2D eigenvalue weighted by Crippen LogP contribution is 2.22. The lowest BCUT2D eigenvalue weighted by molar-refractivity contribution is -0.0119. The van der Waals surface area contributed by atoms with E-state index in [0.29, 0.717) is 17.8 Å². The molecule has 0 saturated carbocycles. The average Bonchev–Trinajstić information content (AvgIpc) is 2.75. The minimum atomic E-state index is -0.0140. The van der Waals surface area contributed by atoms with Crippen LogP contribution in [0.1, 0.15) is 74.1 Å². The van der Waals surface area contributed by atoms with Gasteiger partial charge in [-0.15, -0.1) is 0 Å². The monoisotopic (exact) mass is 459 g/mol. The molecule has 0 radical (unpaired) electrons. The number of rotatable bonds is 18. The summed E-state index contributed by atoms with van der Waals surface area (Å²) in [5.74, 6) is 1.53. The summed E-state index contributed by atoms with van der Waals surface area (Å²) in [5, 5.41) is 10.2. The van der Waals surface area contributed by atoms with E-state index in [1.54, 1.807) is 7.11 Å². The second kappa shape index (κ2) is 18.0. The smallest absolute Gasteiger partial charge is 0.0720 e. The summed E-state index contributed by atoms with van der Waals surface area (Å²) in [4.78, 5) is 2.45. The Kier molecular flexibility index (Phi) is 17.2. The van der Waals surface area contributed by atoms with Crippen LogP contribution >= 0.6 is 0 Å². The summed E-state index contributed by atoms with van der Waals surface area (Å²) >= 11 is 0. The molecular formula is C30H53NO2. The van der Waals surface area contributed by atoms with Crippen molar-refractivity contribution in [3.05, 3.63) is 60.3 Å². The lowest BCUT2D eigenvalue weighted by atomic mass is 9.92. The zero-order chi connectivity index (χ0) is 25.4. The third-order valence-corrected chi connectivity index (χ3v) is 6.36. The third kappa shape index (κ3) is 13.8. The Bertz CT molecular complexity index is 646. The summed E-state index contributed by atoms with van der Waals surface area (Å²) in [5.41, 5.74) is 3.86. The molecule has 0 aromatic heterocycles. The molecule has 0 aliphatic carbocycles. The summed E-state index contributed by atoms with van der Waals surface area (Å²) in [6.07, 6.45) is 15.0. The topological polar surface area (TPSA) is 32.7 Å². The number of aliphatic hydroxyl groups excluding tert-OH is 1. The van der Waals surface area contributed by atoms with Gasteiger partial charge in [-0.05, 0) is 69.8 Å². The highest BCUT2D eigenvalue weighted by atomic mass is 16.5. The fraction of sp³-hybridized carbons (Fsp3) is 0.667. The van der Waals surface area contributed by atoms with E-state index in [1.165, 1.54) is 11.1 Å². The van der Waals surface area contributed by atoms with E-state index in [-0.39, 0.29) is 18.8 Å². The Labute approximate surface area is 206 Å². The lowest BCUT2D eigenvalue weighted by Crippen LogP contribution is -2.49. The van der Waals surface area contributed by atoms with Crippen molar-refractivity contribution in [3.8, 4) is 0 Å². The van der Waals surface area contributed by atoms with E-state index in [9.17, 15) is 5.11 Å². The molecule has 0 spiro atoms. The summed E-state index contributed by atoms with van der Waals surface area (Å²) < 4.78 is 5.62. The molecule has 0 aliphatic rings. The standard InChI is InChI=1S/C30H53NO2/c1-11-28(12-2)16-14-15-24(6)20-31(30(22-32)27(9)33-10)21-26(8)18-25(7)19-29(13-3)17-23(4)5/h11-12,14,16,19,24-27,30,32H,1,4,13,15,17-18,20-22H2,2-3,5-10H3/b16-14-,28-12-,29-19-. The molecule has 0 saturated heterocycles. The minimum Gasteiger partial charge on any atom is -0.395 e. The molecule has 3 nitrogen and oxygen atoms in total. The number of methoxy groups -OCH3 is 1. The van der Waals surface area contributed by atoms with Crippen molar-refractivity contribution in [1.29, 1.82) is 0 Å². The molecule has 0 rings (SSSR count). The van der Waals surface area contributed by atoms with Crippen molar-refractivity contribution in [2.75, 3.05) is 26.8 Å². The molecule has 1 N–H and O–H groups in total. The first kappa shape index (κ1) is 31.6. The molecule has 0 aromatic carbocycles. The number of nitrogens with zero attached hydrogens (tertiary/aromatic N) is 1. The molecule has 190 valence electrons. The van der Waals surface area contributed by atoms with Crippen molar-refractivity contribution < 1.29 is 9.84 Å². The number of hydrogen-bond donors (Lipinski definition) is 1. The van der Waals surface area contributed by atoms with Crippen molar-refractivity contribution in [1.82, 2.24) is 4.90 Å². The fourth-order valence-electron chi connectivity index (χ4n) is 4.53. The van der Waals surface area contributed by atoms with Gasteiger partial charge in [-0.3, -0.25) is 4.90 Å². The van der Waals surface area contributed by atoms with Gasteiger partial charge in [-0.1, -0.05) is 82.4 Å². The highest BCUT2D eigenvalue weighted by Gasteiger charge is 2.26. The zero-order valence-electron chi connectivity index (χ0n) is 22.9. The van der Waals surface area contributed by atoms with Gasteiger partial charge in [-0.2, -0.15) is 0 Å². The largest absolute Gasteiger partial charge is 0.395 e. The molecule has 0 aliphatic heterocycles. The maximum Gasteiger partial charge on any atom is 0.0720 e. The van der Waals surface area contributed by atoms with E-state index in [2.05, 4.69) is 83.9 Å². The molecule has 0 aromatic rings. The first-order valence-electron chi connectivity index (χ1n) is 12.8. The van der Waals surface area contributed by atoms with Crippen LogP contribution in [0.15, 0.2) is 60.3 Å². The van der Waals surface area contributed by atoms with Gasteiger partial charge >= 0.3 is 0 Å². The predicted octanol–water partition coefficient (Wildman–Crippen LogP) is 7.36. The predicted molar refractivity (Wildman–Crippen MR) is 147 cm³/mol. The van der Waals surface area contributed by atoms with E-state index in [0.717, 1.165) is 44.3 Å². The van der Waals surface area contributed by atoms with E-state index < -0.39 is 0 Å².